The van der Waals surface area contributed by atoms with Gasteiger partial charge in [0.25, 0.3) is 11.8 Å². The molecule has 1 aromatic carbocycles. The number of carbonyl (C=O) groups excluding carboxylic acids is 2. The first-order valence-corrected chi connectivity index (χ1v) is 14.0. The highest BCUT2D eigenvalue weighted by Crippen LogP contribution is 2.29. The summed E-state index contributed by atoms with van der Waals surface area (Å²) in [5.41, 5.74) is -1.36. The van der Waals surface area contributed by atoms with Crippen molar-refractivity contribution in [2.75, 3.05) is 38.8 Å². The quantitative estimate of drug-likeness (QED) is 0.394. The fraction of sp³-hybridized carbons (Fsp3) is 0.400. The lowest BCUT2D eigenvalue weighted by Gasteiger charge is -2.26. The summed E-state index contributed by atoms with van der Waals surface area (Å²) in [7, 11) is 1.06. The van der Waals surface area contributed by atoms with E-state index >= 15 is 0 Å². The number of alkyl halides is 3. The first-order valence-electron chi connectivity index (χ1n) is 12.1. The highest BCUT2D eigenvalue weighted by atomic mass is 32.2. The molecule has 222 valence electrons. The standard InChI is InChI=1S/C25H30F3N7O5S/c1-8-34(6)21(37)15-9-10-19(29-14-15)35-22(30-23(32-35)33(4)5)24(2,3)31-20(36)16-11-17(40-25(26,27)28)13-18(12-16)41(7,38)39/h9-14H,8H2,1-7H3,(H,31,36). The molecule has 2 heterocycles. The number of carbonyl (C=O) groups is 2. The number of benzene rings is 1. The number of hydrogen-bond donors (Lipinski definition) is 1. The van der Waals surface area contributed by atoms with E-state index < -0.39 is 38.3 Å². The monoisotopic (exact) mass is 597 g/mol. The summed E-state index contributed by atoms with van der Waals surface area (Å²) in [5, 5.41) is 7.12. The number of nitrogens with one attached hydrogen (secondary N) is 1. The van der Waals surface area contributed by atoms with Gasteiger partial charge in [0, 0.05) is 45.7 Å². The van der Waals surface area contributed by atoms with E-state index in [1.54, 1.807) is 52.0 Å². The van der Waals surface area contributed by atoms with Crippen LogP contribution in [0.4, 0.5) is 19.1 Å². The third-order valence-corrected chi connectivity index (χ3v) is 6.91. The summed E-state index contributed by atoms with van der Waals surface area (Å²) in [6, 6.07) is 5.55. The van der Waals surface area contributed by atoms with E-state index in [9.17, 15) is 31.2 Å². The van der Waals surface area contributed by atoms with Gasteiger partial charge >= 0.3 is 6.36 Å². The molecular weight excluding hydrogens is 567 g/mol. The Morgan fingerprint density at radius 1 is 1.07 bits per heavy atom. The van der Waals surface area contributed by atoms with Crippen molar-refractivity contribution in [1.29, 1.82) is 0 Å². The van der Waals surface area contributed by atoms with Crippen LogP contribution in [0.1, 0.15) is 47.3 Å². The smallest absolute Gasteiger partial charge is 0.406 e. The average molecular weight is 598 g/mol. The molecule has 0 atom stereocenters. The molecular formula is C25H30F3N7O5S. The number of amides is 2. The number of halogens is 3. The molecule has 2 amide bonds. The van der Waals surface area contributed by atoms with E-state index in [1.807, 2.05) is 6.92 Å². The normalized spacial score (nSPS) is 12.1. The molecule has 1 N–H and O–H groups in total. The van der Waals surface area contributed by atoms with Crippen LogP contribution in [0.5, 0.6) is 5.75 Å². The molecule has 0 aliphatic heterocycles. The van der Waals surface area contributed by atoms with Gasteiger partial charge in [-0.25, -0.2) is 13.4 Å². The number of pyridine rings is 1. The van der Waals surface area contributed by atoms with Crippen molar-refractivity contribution in [3.8, 4) is 11.6 Å². The number of aromatic nitrogens is 4. The van der Waals surface area contributed by atoms with Crippen molar-refractivity contribution in [2.45, 2.75) is 37.6 Å². The van der Waals surface area contributed by atoms with Gasteiger partial charge < -0.3 is 19.9 Å². The zero-order valence-electron chi connectivity index (χ0n) is 23.4. The molecule has 0 fully saturated rings. The van der Waals surface area contributed by atoms with Crippen LogP contribution in [-0.4, -0.2) is 85.2 Å². The second-order valence-corrected chi connectivity index (χ2v) is 11.9. The van der Waals surface area contributed by atoms with Crippen molar-refractivity contribution in [3.05, 3.63) is 53.5 Å². The number of nitrogens with zero attached hydrogens (tertiary/aromatic N) is 6. The number of ether oxygens (including phenoxy) is 1. The summed E-state index contributed by atoms with van der Waals surface area (Å²) in [6.07, 6.45) is -2.93. The van der Waals surface area contributed by atoms with Gasteiger partial charge in [-0.1, -0.05) is 0 Å². The van der Waals surface area contributed by atoms with E-state index in [0.29, 0.717) is 18.2 Å². The number of sulfone groups is 1. The molecule has 3 aromatic rings. The topological polar surface area (TPSA) is 140 Å². The molecule has 0 bridgehead atoms. The van der Waals surface area contributed by atoms with Crippen LogP contribution in [0.25, 0.3) is 5.82 Å². The maximum atomic E-state index is 13.3. The molecule has 0 unspecified atom stereocenters. The van der Waals surface area contributed by atoms with Crippen LogP contribution in [0.3, 0.4) is 0 Å². The zero-order valence-corrected chi connectivity index (χ0v) is 24.3. The Labute approximate surface area is 235 Å². The van der Waals surface area contributed by atoms with Crippen molar-refractivity contribution < 1.29 is 35.9 Å². The molecule has 0 saturated heterocycles. The lowest BCUT2D eigenvalue weighted by molar-refractivity contribution is -0.274. The highest BCUT2D eigenvalue weighted by molar-refractivity contribution is 7.90. The summed E-state index contributed by atoms with van der Waals surface area (Å²) < 4.78 is 68.1. The largest absolute Gasteiger partial charge is 0.573 e. The Balaban J connectivity index is 2.02. The van der Waals surface area contributed by atoms with Gasteiger partial charge in [0.05, 0.1) is 16.0 Å². The Kier molecular flexibility index (Phi) is 8.67. The van der Waals surface area contributed by atoms with Crippen LogP contribution in [0.2, 0.25) is 0 Å². The van der Waals surface area contributed by atoms with Crippen LogP contribution < -0.4 is 15.0 Å². The number of anilines is 1. The Morgan fingerprint density at radius 2 is 1.73 bits per heavy atom. The Bertz CT molecular complexity index is 1550. The molecule has 41 heavy (non-hydrogen) atoms. The Morgan fingerprint density at radius 3 is 2.24 bits per heavy atom. The van der Waals surface area contributed by atoms with Crippen molar-refractivity contribution in [1.82, 2.24) is 30.0 Å². The molecule has 0 saturated carbocycles. The lowest BCUT2D eigenvalue weighted by atomic mass is 10.0. The molecule has 16 heteroatoms. The molecule has 0 radical (unpaired) electrons. The van der Waals surface area contributed by atoms with Gasteiger partial charge in [0.1, 0.15) is 5.75 Å². The van der Waals surface area contributed by atoms with E-state index in [2.05, 4.69) is 25.1 Å². The first kappa shape index (κ1) is 31.3. The Hall–Kier alpha value is -4.21. The van der Waals surface area contributed by atoms with Crippen molar-refractivity contribution in [3.63, 3.8) is 0 Å². The van der Waals surface area contributed by atoms with E-state index in [0.717, 1.165) is 18.4 Å². The number of rotatable bonds is 9. The van der Waals surface area contributed by atoms with Crippen molar-refractivity contribution in [2.24, 2.45) is 0 Å². The molecule has 12 nitrogen and oxygen atoms in total. The van der Waals surface area contributed by atoms with E-state index in [1.165, 1.54) is 15.8 Å². The van der Waals surface area contributed by atoms with Crippen LogP contribution >= 0.6 is 0 Å². The van der Waals surface area contributed by atoms with Gasteiger partial charge in [0.15, 0.2) is 21.5 Å². The molecule has 2 aromatic heterocycles. The van der Waals surface area contributed by atoms with E-state index in [-0.39, 0.29) is 29.1 Å². The van der Waals surface area contributed by atoms with Gasteiger partial charge in [-0.3, -0.25) is 9.59 Å². The minimum Gasteiger partial charge on any atom is -0.406 e. The molecule has 0 spiro atoms. The predicted molar refractivity (Wildman–Crippen MR) is 143 cm³/mol. The van der Waals surface area contributed by atoms with Crippen molar-refractivity contribution >= 4 is 27.6 Å². The first-order chi connectivity index (χ1) is 18.8. The SMILES string of the molecule is CCN(C)C(=O)c1ccc(-n2nc(N(C)C)nc2C(C)(C)NC(=O)c2cc(OC(F)(F)F)cc(S(C)(=O)=O)c2)nc1. The maximum absolute atomic E-state index is 13.3. The minimum atomic E-state index is -5.11. The van der Waals surface area contributed by atoms with Gasteiger partial charge in [-0.05, 0) is 51.1 Å². The van der Waals surface area contributed by atoms with E-state index in [4.69, 9.17) is 0 Å². The van der Waals surface area contributed by atoms with Crippen LogP contribution in [0.15, 0.2) is 41.4 Å². The van der Waals surface area contributed by atoms with Gasteiger partial charge in [-0.2, -0.15) is 9.67 Å². The summed E-state index contributed by atoms with van der Waals surface area (Å²) >= 11 is 0. The molecule has 0 aliphatic carbocycles. The second kappa shape index (κ2) is 11.3. The second-order valence-electron chi connectivity index (χ2n) is 9.86. The number of hydrogen-bond acceptors (Lipinski definition) is 9. The third kappa shape index (κ3) is 7.50. The lowest BCUT2D eigenvalue weighted by Crippen LogP contribution is -2.43. The fourth-order valence-corrected chi connectivity index (χ4v) is 4.25. The minimum absolute atomic E-state index is 0.192. The fourth-order valence-electron chi connectivity index (χ4n) is 3.58. The summed E-state index contributed by atoms with van der Waals surface area (Å²) in [4.78, 5) is 37.2. The average Bonchev–Trinajstić information content (AvgIpc) is 3.33. The maximum Gasteiger partial charge on any atom is 0.573 e. The summed E-state index contributed by atoms with van der Waals surface area (Å²) in [6.45, 7) is 5.49. The van der Waals surface area contributed by atoms with Gasteiger partial charge in [-0.15, -0.1) is 18.3 Å². The highest BCUT2D eigenvalue weighted by Gasteiger charge is 2.34. The summed E-state index contributed by atoms with van der Waals surface area (Å²) in [5.74, 6) is -1.26. The third-order valence-electron chi connectivity index (χ3n) is 5.82. The van der Waals surface area contributed by atoms with Crippen LogP contribution in [0, 0.1) is 0 Å². The zero-order chi connectivity index (χ0) is 30.9. The predicted octanol–water partition coefficient (Wildman–Crippen LogP) is 2.79. The molecule has 3 rings (SSSR count). The molecule has 0 aliphatic rings. The van der Waals surface area contributed by atoms with Gasteiger partial charge in [0.2, 0.25) is 5.95 Å². The van der Waals surface area contributed by atoms with Crippen LogP contribution in [-0.2, 0) is 15.4 Å².